The molecule has 0 saturated heterocycles. The van der Waals surface area contributed by atoms with Gasteiger partial charge in [-0.05, 0) is 24.7 Å². The summed E-state index contributed by atoms with van der Waals surface area (Å²) in [6, 6.07) is 0.587. The number of aromatic nitrogens is 3. The third kappa shape index (κ3) is 1.47. The molecule has 1 fully saturated rings. The molecular formula is C12H20N4. The van der Waals surface area contributed by atoms with Crippen molar-refractivity contribution in [1.82, 2.24) is 20.3 Å². The van der Waals surface area contributed by atoms with E-state index in [1.165, 1.54) is 18.5 Å². The summed E-state index contributed by atoms with van der Waals surface area (Å²) < 4.78 is 2.23. The summed E-state index contributed by atoms with van der Waals surface area (Å²) in [5.74, 6) is 1.56. The van der Waals surface area contributed by atoms with Gasteiger partial charge in [-0.3, -0.25) is 0 Å². The zero-order chi connectivity index (χ0) is 11.1. The molecule has 2 heterocycles. The maximum Gasteiger partial charge on any atom is 0.0997 e. The van der Waals surface area contributed by atoms with Crippen LogP contribution >= 0.6 is 0 Å². The van der Waals surface area contributed by atoms with Crippen LogP contribution in [0.1, 0.15) is 44.1 Å². The molecule has 3 atom stereocenters. The second kappa shape index (κ2) is 3.84. The lowest BCUT2D eigenvalue weighted by Gasteiger charge is -2.22. The summed E-state index contributed by atoms with van der Waals surface area (Å²) in [7, 11) is 0. The maximum absolute atomic E-state index is 4.39. The molecule has 0 amide bonds. The van der Waals surface area contributed by atoms with Crippen molar-refractivity contribution < 1.29 is 0 Å². The van der Waals surface area contributed by atoms with Crippen LogP contribution in [-0.4, -0.2) is 21.5 Å². The molecule has 1 aromatic rings. The molecule has 88 valence electrons. The van der Waals surface area contributed by atoms with Crippen LogP contribution in [0, 0.1) is 11.8 Å². The van der Waals surface area contributed by atoms with E-state index in [9.17, 15) is 0 Å². The standard InChI is InChI=1S/C12H20N4/c1-8-3-4-11(9(8)2)16-12-5-6-13-7-10(12)14-15-16/h8-9,11,13H,3-7H2,1-2H3. The zero-order valence-electron chi connectivity index (χ0n) is 10.1. The van der Waals surface area contributed by atoms with Gasteiger partial charge in [0.1, 0.15) is 0 Å². The number of hydrogen-bond donors (Lipinski definition) is 1. The second-order valence-corrected chi connectivity index (χ2v) is 5.34. The average molecular weight is 220 g/mol. The third-order valence-electron chi connectivity index (χ3n) is 4.44. The van der Waals surface area contributed by atoms with E-state index in [0.717, 1.165) is 37.0 Å². The van der Waals surface area contributed by atoms with Crippen molar-refractivity contribution in [1.29, 1.82) is 0 Å². The fraction of sp³-hybridized carbons (Fsp3) is 0.833. The quantitative estimate of drug-likeness (QED) is 0.780. The van der Waals surface area contributed by atoms with Gasteiger partial charge in [0.05, 0.1) is 17.4 Å². The van der Waals surface area contributed by atoms with Crippen molar-refractivity contribution in [3.05, 3.63) is 11.4 Å². The molecule has 0 aromatic carbocycles. The number of fused-ring (bicyclic) bond motifs is 1. The number of nitrogens with one attached hydrogen (secondary N) is 1. The van der Waals surface area contributed by atoms with Crippen molar-refractivity contribution in [3.63, 3.8) is 0 Å². The van der Waals surface area contributed by atoms with E-state index in [1.54, 1.807) is 0 Å². The normalized spacial score (nSPS) is 34.0. The van der Waals surface area contributed by atoms with E-state index >= 15 is 0 Å². The monoisotopic (exact) mass is 220 g/mol. The van der Waals surface area contributed by atoms with Crippen molar-refractivity contribution in [3.8, 4) is 0 Å². The Kier molecular flexibility index (Phi) is 2.46. The van der Waals surface area contributed by atoms with Gasteiger partial charge in [0.15, 0.2) is 0 Å². The molecule has 1 aromatic heterocycles. The number of rotatable bonds is 1. The van der Waals surface area contributed by atoms with Crippen LogP contribution in [0.15, 0.2) is 0 Å². The highest BCUT2D eigenvalue weighted by Gasteiger charge is 2.33. The predicted octanol–water partition coefficient (Wildman–Crippen LogP) is 1.53. The first-order chi connectivity index (χ1) is 7.77. The molecular weight excluding hydrogens is 200 g/mol. The smallest absolute Gasteiger partial charge is 0.0997 e. The Labute approximate surface area is 96.4 Å². The molecule has 1 N–H and O–H groups in total. The maximum atomic E-state index is 4.39. The molecule has 0 bridgehead atoms. The van der Waals surface area contributed by atoms with E-state index < -0.39 is 0 Å². The first kappa shape index (κ1) is 10.3. The molecule has 0 radical (unpaired) electrons. The molecule has 1 aliphatic carbocycles. The lowest BCUT2D eigenvalue weighted by Crippen LogP contribution is -2.27. The Morgan fingerprint density at radius 1 is 1.31 bits per heavy atom. The van der Waals surface area contributed by atoms with Crippen molar-refractivity contribution in [2.75, 3.05) is 6.54 Å². The van der Waals surface area contributed by atoms with Gasteiger partial charge in [-0.1, -0.05) is 19.1 Å². The molecule has 3 unspecified atom stereocenters. The largest absolute Gasteiger partial charge is 0.311 e. The summed E-state index contributed by atoms with van der Waals surface area (Å²) >= 11 is 0. The molecule has 2 aliphatic rings. The van der Waals surface area contributed by atoms with Crippen LogP contribution in [0.25, 0.3) is 0 Å². The Morgan fingerprint density at radius 3 is 2.94 bits per heavy atom. The van der Waals surface area contributed by atoms with Gasteiger partial charge >= 0.3 is 0 Å². The third-order valence-corrected chi connectivity index (χ3v) is 4.44. The molecule has 1 aliphatic heterocycles. The van der Waals surface area contributed by atoms with Gasteiger partial charge in [-0.15, -0.1) is 5.10 Å². The summed E-state index contributed by atoms with van der Waals surface area (Å²) in [5, 5.41) is 12.1. The van der Waals surface area contributed by atoms with Crippen LogP contribution in [0.4, 0.5) is 0 Å². The van der Waals surface area contributed by atoms with Crippen LogP contribution in [0.3, 0.4) is 0 Å². The summed E-state index contributed by atoms with van der Waals surface area (Å²) in [6.07, 6.45) is 3.68. The van der Waals surface area contributed by atoms with Gasteiger partial charge in [-0.25, -0.2) is 4.68 Å². The summed E-state index contributed by atoms with van der Waals surface area (Å²) in [5.41, 5.74) is 2.54. The minimum absolute atomic E-state index is 0.587. The van der Waals surface area contributed by atoms with Gasteiger partial charge in [0.2, 0.25) is 0 Å². The van der Waals surface area contributed by atoms with Gasteiger partial charge in [-0.2, -0.15) is 0 Å². The summed E-state index contributed by atoms with van der Waals surface area (Å²) in [6.45, 7) is 6.68. The second-order valence-electron chi connectivity index (χ2n) is 5.34. The summed E-state index contributed by atoms with van der Waals surface area (Å²) in [4.78, 5) is 0. The molecule has 4 nitrogen and oxygen atoms in total. The molecule has 0 spiro atoms. The lowest BCUT2D eigenvalue weighted by atomic mass is 9.97. The Morgan fingerprint density at radius 2 is 2.19 bits per heavy atom. The van der Waals surface area contributed by atoms with Gasteiger partial charge < -0.3 is 5.32 Å². The van der Waals surface area contributed by atoms with E-state index in [2.05, 4.69) is 34.2 Å². The van der Waals surface area contributed by atoms with E-state index in [0.29, 0.717) is 6.04 Å². The molecule has 3 rings (SSSR count). The fourth-order valence-corrected chi connectivity index (χ4v) is 3.11. The van der Waals surface area contributed by atoms with Crippen molar-refractivity contribution >= 4 is 0 Å². The number of hydrogen-bond acceptors (Lipinski definition) is 3. The Bertz CT molecular complexity index is 384. The average Bonchev–Trinajstić information content (AvgIpc) is 2.85. The highest BCUT2D eigenvalue weighted by molar-refractivity contribution is 5.14. The molecule has 16 heavy (non-hydrogen) atoms. The molecule has 1 saturated carbocycles. The highest BCUT2D eigenvalue weighted by atomic mass is 15.5. The van der Waals surface area contributed by atoms with Gasteiger partial charge in [0.25, 0.3) is 0 Å². The van der Waals surface area contributed by atoms with E-state index in [1.807, 2.05) is 0 Å². The first-order valence-corrected chi connectivity index (χ1v) is 6.41. The van der Waals surface area contributed by atoms with Crippen LogP contribution in [-0.2, 0) is 13.0 Å². The van der Waals surface area contributed by atoms with E-state index in [-0.39, 0.29) is 0 Å². The van der Waals surface area contributed by atoms with E-state index in [4.69, 9.17) is 0 Å². The van der Waals surface area contributed by atoms with Crippen LogP contribution in [0.5, 0.6) is 0 Å². The minimum atomic E-state index is 0.587. The van der Waals surface area contributed by atoms with Crippen LogP contribution in [0.2, 0.25) is 0 Å². The van der Waals surface area contributed by atoms with Crippen molar-refractivity contribution in [2.45, 2.75) is 45.7 Å². The Balaban J connectivity index is 1.92. The number of nitrogens with zero attached hydrogens (tertiary/aromatic N) is 3. The Hall–Kier alpha value is -0.900. The predicted molar refractivity (Wildman–Crippen MR) is 62.0 cm³/mol. The lowest BCUT2D eigenvalue weighted by molar-refractivity contribution is 0.318. The topological polar surface area (TPSA) is 42.7 Å². The van der Waals surface area contributed by atoms with Gasteiger partial charge in [0, 0.05) is 19.5 Å². The minimum Gasteiger partial charge on any atom is -0.311 e. The highest BCUT2D eigenvalue weighted by Crippen LogP contribution is 2.40. The molecule has 4 heteroatoms. The fourth-order valence-electron chi connectivity index (χ4n) is 3.11. The zero-order valence-corrected chi connectivity index (χ0v) is 10.1. The van der Waals surface area contributed by atoms with Crippen LogP contribution < -0.4 is 5.32 Å². The first-order valence-electron chi connectivity index (χ1n) is 6.41. The SMILES string of the molecule is CC1CCC(n2nnc3c2CCNC3)C1C. The van der Waals surface area contributed by atoms with Crippen molar-refractivity contribution in [2.24, 2.45) is 11.8 Å².